The van der Waals surface area contributed by atoms with Crippen LogP contribution in [0.2, 0.25) is 5.02 Å². The molecule has 2 saturated heterocycles. The SMILES string of the molecule is O=C1CCC(N2C(=O)c3ccc(N4CCN(C(=O)c5cnn(C6(C(=O)Nc7ccc(C(F)(F)F)cc7Cl)CCC6)c5)CC4)cc3C2=O)C(=O)N1. The minimum atomic E-state index is -4.58. The minimum absolute atomic E-state index is 0.0241. The van der Waals surface area contributed by atoms with Crippen LogP contribution in [0.15, 0.2) is 48.8 Å². The van der Waals surface area contributed by atoms with Crippen LogP contribution in [0.4, 0.5) is 24.5 Å². The van der Waals surface area contributed by atoms with Crippen molar-refractivity contribution in [2.45, 2.75) is 49.9 Å². The van der Waals surface area contributed by atoms with Gasteiger partial charge in [0.15, 0.2) is 0 Å². The number of halogens is 4. The molecule has 2 N–H and O–H groups in total. The number of aromatic nitrogens is 2. The van der Waals surface area contributed by atoms with E-state index < -0.39 is 52.9 Å². The molecule has 6 amide bonds. The first kappa shape index (κ1) is 33.3. The first-order valence-electron chi connectivity index (χ1n) is 15.9. The summed E-state index contributed by atoms with van der Waals surface area (Å²) in [6.45, 7) is 1.48. The molecule has 4 aliphatic rings. The Morgan fingerprint density at radius 3 is 2.32 bits per heavy atom. The van der Waals surface area contributed by atoms with Crippen LogP contribution in [0.3, 0.4) is 0 Å². The van der Waals surface area contributed by atoms with Crippen molar-refractivity contribution in [3.05, 3.63) is 76.1 Å². The van der Waals surface area contributed by atoms with Crippen LogP contribution >= 0.6 is 11.6 Å². The Labute approximate surface area is 287 Å². The molecule has 1 saturated carbocycles. The van der Waals surface area contributed by atoms with Crippen LogP contribution in [-0.2, 0) is 26.1 Å². The Balaban J connectivity index is 0.992. The van der Waals surface area contributed by atoms with E-state index in [0.717, 1.165) is 23.1 Å². The summed E-state index contributed by atoms with van der Waals surface area (Å²) in [4.78, 5) is 81.6. The number of nitrogens with zero attached hydrogens (tertiary/aromatic N) is 5. The van der Waals surface area contributed by atoms with Gasteiger partial charge in [-0.2, -0.15) is 18.3 Å². The second-order valence-corrected chi connectivity index (χ2v) is 13.1. The van der Waals surface area contributed by atoms with Gasteiger partial charge in [0.2, 0.25) is 11.8 Å². The molecule has 1 aromatic heterocycles. The molecule has 50 heavy (non-hydrogen) atoms. The van der Waals surface area contributed by atoms with Crippen molar-refractivity contribution >= 4 is 58.4 Å². The highest BCUT2D eigenvalue weighted by Crippen LogP contribution is 2.41. The number of hydrogen-bond donors (Lipinski definition) is 2. The second kappa shape index (κ2) is 12.3. The number of rotatable bonds is 6. The monoisotopic (exact) mass is 711 g/mol. The molecule has 0 bridgehead atoms. The molecule has 3 aliphatic heterocycles. The Bertz CT molecular complexity index is 1970. The van der Waals surface area contributed by atoms with E-state index in [-0.39, 0.29) is 46.1 Å². The lowest BCUT2D eigenvalue weighted by molar-refractivity contribution is -0.138. The number of carbonyl (C=O) groups is 6. The third-order valence-corrected chi connectivity index (χ3v) is 10.1. The normalized spacial score (nSPS) is 20.4. The summed E-state index contributed by atoms with van der Waals surface area (Å²) in [5.74, 6) is -3.13. The van der Waals surface area contributed by atoms with Gasteiger partial charge in [0.1, 0.15) is 11.6 Å². The van der Waals surface area contributed by atoms with Crippen molar-refractivity contribution in [3.8, 4) is 0 Å². The Morgan fingerprint density at radius 1 is 0.960 bits per heavy atom. The van der Waals surface area contributed by atoms with Crippen LogP contribution < -0.4 is 15.5 Å². The number of piperidine rings is 1. The van der Waals surface area contributed by atoms with Gasteiger partial charge >= 0.3 is 6.18 Å². The minimum Gasteiger partial charge on any atom is -0.368 e. The quantitative estimate of drug-likeness (QED) is 0.369. The first-order chi connectivity index (χ1) is 23.8. The van der Waals surface area contributed by atoms with Gasteiger partial charge in [-0.1, -0.05) is 11.6 Å². The van der Waals surface area contributed by atoms with E-state index in [9.17, 15) is 41.9 Å². The number of carbonyl (C=O) groups excluding carboxylic acids is 6. The van der Waals surface area contributed by atoms with E-state index in [1.54, 1.807) is 23.1 Å². The lowest BCUT2D eigenvalue weighted by Crippen LogP contribution is -2.54. The molecular formula is C33H29ClF3N7O6. The molecule has 1 atom stereocenters. The average molecular weight is 712 g/mol. The molecular weight excluding hydrogens is 683 g/mol. The van der Waals surface area contributed by atoms with E-state index in [0.29, 0.717) is 51.1 Å². The molecule has 0 radical (unpaired) electrons. The summed E-state index contributed by atoms with van der Waals surface area (Å²) in [6, 6.07) is 6.47. The molecule has 7 rings (SSSR count). The average Bonchev–Trinajstić information content (AvgIpc) is 3.64. The van der Waals surface area contributed by atoms with Gasteiger partial charge in [-0.15, -0.1) is 0 Å². The van der Waals surface area contributed by atoms with E-state index in [2.05, 4.69) is 15.7 Å². The van der Waals surface area contributed by atoms with Gasteiger partial charge in [-0.05, 0) is 62.1 Å². The summed E-state index contributed by atoms with van der Waals surface area (Å²) < 4.78 is 40.6. The van der Waals surface area contributed by atoms with Crippen LogP contribution in [0, 0.1) is 0 Å². The first-order valence-corrected chi connectivity index (χ1v) is 16.3. The second-order valence-electron chi connectivity index (χ2n) is 12.7. The zero-order valence-corrected chi connectivity index (χ0v) is 27.0. The van der Waals surface area contributed by atoms with Gasteiger partial charge in [-0.3, -0.25) is 43.7 Å². The van der Waals surface area contributed by atoms with E-state index in [4.69, 9.17) is 11.6 Å². The third kappa shape index (κ3) is 5.66. The fourth-order valence-electron chi connectivity index (χ4n) is 6.78. The fraction of sp³-hybridized carbons (Fsp3) is 0.364. The number of anilines is 2. The number of hydrogen-bond acceptors (Lipinski definition) is 8. The van der Waals surface area contributed by atoms with Crippen LogP contribution in [0.25, 0.3) is 0 Å². The lowest BCUT2D eigenvalue weighted by Gasteiger charge is -2.40. The highest BCUT2D eigenvalue weighted by molar-refractivity contribution is 6.33. The third-order valence-electron chi connectivity index (χ3n) is 9.77. The van der Waals surface area contributed by atoms with Gasteiger partial charge in [0.25, 0.3) is 23.6 Å². The number of imide groups is 2. The van der Waals surface area contributed by atoms with Crippen molar-refractivity contribution in [3.63, 3.8) is 0 Å². The van der Waals surface area contributed by atoms with Crippen molar-refractivity contribution in [1.82, 2.24) is 24.9 Å². The summed E-state index contributed by atoms with van der Waals surface area (Å²) >= 11 is 6.06. The van der Waals surface area contributed by atoms with Crippen LogP contribution in [0.5, 0.6) is 0 Å². The maximum atomic E-state index is 13.5. The summed E-state index contributed by atoms with van der Waals surface area (Å²) in [5, 5.41) is 8.87. The zero-order chi connectivity index (χ0) is 35.5. The Morgan fingerprint density at radius 2 is 1.68 bits per heavy atom. The van der Waals surface area contributed by atoms with Gasteiger partial charge in [0, 0.05) is 44.5 Å². The predicted molar refractivity (Wildman–Crippen MR) is 170 cm³/mol. The fourth-order valence-corrected chi connectivity index (χ4v) is 7.00. The van der Waals surface area contributed by atoms with Crippen molar-refractivity contribution in [2.75, 3.05) is 36.4 Å². The van der Waals surface area contributed by atoms with Crippen molar-refractivity contribution < 1.29 is 41.9 Å². The molecule has 260 valence electrons. The lowest BCUT2D eigenvalue weighted by atomic mass is 9.76. The van der Waals surface area contributed by atoms with Crippen LogP contribution in [0.1, 0.15) is 68.7 Å². The van der Waals surface area contributed by atoms with Gasteiger partial charge < -0.3 is 15.1 Å². The number of fused-ring (bicyclic) bond motifs is 1. The smallest absolute Gasteiger partial charge is 0.368 e. The topological polar surface area (TPSA) is 154 Å². The molecule has 1 unspecified atom stereocenters. The molecule has 17 heteroatoms. The summed E-state index contributed by atoms with van der Waals surface area (Å²) in [7, 11) is 0. The van der Waals surface area contributed by atoms with Gasteiger partial charge in [0.05, 0.1) is 39.2 Å². The van der Waals surface area contributed by atoms with E-state index in [1.807, 2.05) is 4.90 Å². The molecule has 1 aliphatic carbocycles. The number of nitrogens with one attached hydrogen (secondary N) is 2. The Hall–Kier alpha value is -5.25. The van der Waals surface area contributed by atoms with Gasteiger partial charge in [-0.25, -0.2) is 0 Å². The maximum Gasteiger partial charge on any atom is 0.416 e. The highest BCUT2D eigenvalue weighted by Gasteiger charge is 2.48. The van der Waals surface area contributed by atoms with Crippen molar-refractivity contribution in [2.24, 2.45) is 0 Å². The number of piperazine rings is 1. The Kier molecular flexibility index (Phi) is 8.16. The predicted octanol–water partition coefficient (Wildman–Crippen LogP) is 3.44. The highest BCUT2D eigenvalue weighted by atomic mass is 35.5. The van der Waals surface area contributed by atoms with E-state index in [1.165, 1.54) is 17.1 Å². The zero-order valence-electron chi connectivity index (χ0n) is 26.3. The van der Waals surface area contributed by atoms with E-state index >= 15 is 0 Å². The maximum absolute atomic E-state index is 13.5. The molecule has 13 nitrogen and oxygen atoms in total. The standard InChI is InChI=1S/C33H29ClF3N7O6/c34-23-14-19(33(35,36)37)2-5-24(23)39-31(50)32(8-1-9-32)43-17-18(16-38-43)28(47)42-12-10-41(11-13-42)20-3-4-21-22(15-20)30(49)44(29(21)48)25-6-7-26(45)40-27(25)46/h2-5,14-17,25H,1,6-13H2,(H,39,50)(H,40,45,46). The number of benzene rings is 2. The summed E-state index contributed by atoms with van der Waals surface area (Å²) in [6.07, 6.45) is -0.101. The molecule has 0 spiro atoms. The van der Waals surface area contributed by atoms with Crippen molar-refractivity contribution in [1.29, 1.82) is 0 Å². The molecule has 3 aromatic rings. The molecule has 2 aromatic carbocycles. The molecule has 3 fully saturated rings. The van der Waals surface area contributed by atoms with Crippen LogP contribution in [-0.4, -0.2) is 87.2 Å². The summed E-state index contributed by atoms with van der Waals surface area (Å²) in [5.41, 5.74) is -0.771. The molecule has 4 heterocycles. The number of amides is 6. The largest absolute Gasteiger partial charge is 0.416 e. The number of alkyl halides is 3.